The molecular weight excluding hydrogens is 370 g/mol. The Bertz CT molecular complexity index is 892. The quantitative estimate of drug-likeness (QED) is 0.783. The number of rotatable bonds is 6. The molecule has 2 atom stereocenters. The molecule has 8 nitrogen and oxygen atoms in total. The van der Waals surface area contributed by atoms with E-state index in [9.17, 15) is 9.59 Å². The smallest absolute Gasteiger partial charge is 0.243 e. The number of aromatic amines is 1. The van der Waals surface area contributed by atoms with Crippen molar-refractivity contribution in [3.8, 4) is 11.3 Å². The number of hydrogen-bond donors (Lipinski definition) is 2. The first-order chi connectivity index (χ1) is 14.1. The first-order valence-electron chi connectivity index (χ1n) is 9.95. The highest BCUT2D eigenvalue weighted by Gasteiger charge is 2.35. The highest BCUT2D eigenvalue weighted by molar-refractivity contribution is 5.89. The molecule has 1 aromatic heterocycles. The standard InChI is InChI=1S/C21H25N5O3/c1-14-11-17(29-25-14)12-20(27)26-10-2-3-19(26)21(28)22-13-15-4-6-16(7-5-15)18-8-9-23-24-18/h4-9,17,19H,2-3,10-13H2,1H3,(H,22,28)(H,23,24)/t17?,19-/m0/s1. The van der Waals surface area contributed by atoms with Gasteiger partial charge in [-0.15, -0.1) is 0 Å². The number of carbonyl (C=O) groups excluding carboxylic acids is 2. The maximum atomic E-state index is 12.7. The average molecular weight is 395 g/mol. The lowest BCUT2D eigenvalue weighted by atomic mass is 10.1. The van der Waals surface area contributed by atoms with Gasteiger partial charge < -0.3 is 15.1 Å². The zero-order valence-corrected chi connectivity index (χ0v) is 16.4. The highest BCUT2D eigenvalue weighted by Crippen LogP contribution is 2.22. The number of hydrogen-bond acceptors (Lipinski definition) is 5. The monoisotopic (exact) mass is 395 g/mol. The summed E-state index contributed by atoms with van der Waals surface area (Å²) in [6.45, 7) is 2.93. The largest absolute Gasteiger partial charge is 0.392 e. The Morgan fingerprint density at radius 3 is 2.79 bits per heavy atom. The molecule has 1 unspecified atom stereocenters. The number of oxime groups is 1. The van der Waals surface area contributed by atoms with Crippen molar-refractivity contribution >= 4 is 17.5 Å². The van der Waals surface area contributed by atoms with E-state index in [4.69, 9.17) is 4.84 Å². The van der Waals surface area contributed by atoms with Gasteiger partial charge in [0.25, 0.3) is 0 Å². The molecule has 0 bridgehead atoms. The molecule has 2 aromatic rings. The molecule has 2 N–H and O–H groups in total. The fraction of sp³-hybridized carbons (Fsp3) is 0.429. The maximum absolute atomic E-state index is 12.7. The second-order valence-electron chi connectivity index (χ2n) is 7.59. The van der Waals surface area contributed by atoms with Gasteiger partial charge in [0, 0.05) is 25.7 Å². The number of aromatic nitrogens is 2. The lowest BCUT2D eigenvalue weighted by Gasteiger charge is -2.25. The molecule has 3 heterocycles. The Balaban J connectivity index is 1.30. The summed E-state index contributed by atoms with van der Waals surface area (Å²) in [5.41, 5.74) is 3.90. The minimum Gasteiger partial charge on any atom is -0.392 e. The number of H-pyrrole nitrogens is 1. The molecule has 1 aromatic carbocycles. The van der Waals surface area contributed by atoms with Crippen molar-refractivity contribution in [3.63, 3.8) is 0 Å². The molecule has 1 saturated heterocycles. The Morgan fingerprint density at radius 1 is 1.28 bits per heavy atom. The zero-order chi connectivity index (χ0) is 20.2. The molecule has 0 saturated carbocycles. The van der Waals surface area contributed by atoms with E-state index in [1.807, 2.05) is 37.3 Å². The third-order valence-corrected chi connectivity index (χ3v) is 5.39. The van der Waals surface area contributed by atoms with Crippen molar-refractivity contribution in [1.29, 1.82) is 0 Å². The van der Waals surface area contributed by atoms with E-state index in [0.717, 1.165) is 29.0 Å². The van der Waals surface area contributed by atoms with Crippen molar-refractivity contribution in [3.05, 3.63) is 42.1 Å². The van der Waals surface area contributed by atoms with Crippen molar-refractivity contribution in [2.75, 3.05) is 6.54 Å². The number of likely N-dealkylation sites (tertiary alicyclic amines) is 1. The normalized spacial score (nSPS) is 21.0. The molecule has 1 fully saturated rings. The van der Waals surface area contributed by atoms with Crippen LogP contribution < -0.4 is 5.32 Å². The van der Waals surface area contributed by atoms with Crippen LogP contribution in [0.5, 0.6) is 0 Å². The van der Waals surface area contributed by atoms with E-state index in [1.54, 1.807) is 11.1 Å². The third-order valence-electron chi connectivity index (χ3n) is 5.39. The van der Waals surface area contributed by atoms with Crippen molar-refractivity contribution in [2.45, 2.75) is 51.3 Å². The predicted molar refractivity (Wildman–Crippen MR) is 108 cm³/mol. The van der Waals surface area contributed by atoms with Gasteiger partial charge in [-0.05, 0) is 37.0 Å². The second-order valence-corrected chi connectivity index (χ2v) is 7.59. The van der Waals surface area contributed by atoms with Crippen LogP contribution in [-0.2, 0) is 21.0 Å². The summed E-state index contributed by atoms with van der Waals surface area (Å²) in [6.07, 6.45) is 3.97. The van der Waals surface area contributed by atoms with Gasteiger partial charge in [0.15, 0.2) is 0 Å². The van der Waals surface area contributed by atoms with E-state index < -0.39 is 6.04 Å². The van der Waals surface area contributed by atoms with Crippen molar-refractivity contribution < 1.29 is 14.4 Å². The first-order valence-corrected chi connectivity index (χ1v) is 9.95. The number of amides is 2. The molecule has 2 amide bonds. The van der Waals surface area contributed by atoms with Gasteiger partial charge in [-0.2, -0.15) is 5.10 Å². The minimum absolute atomic E-state index is 0.0403. The van der Waals surface area contributed by atoms with Gasteiger partial charge in [-0.3, -0.25) is 14.7 Å². The van der Waals surface area contributed by atoms with Crippen LogP contribution in [0.1, 0.15) is 38.2 Å². The Kier molecular flexibility index (Phi) is 5.59. The lowest BCUT2D eigenvalue weighted by molar-refractivity contribution is -0.140. The molecular formula is C21H25N5O3. The van der Waals surface area contributed by atoms with Crippen LogP contribution in [0.3, 0.4) is 0 Å². The first kappa shape index (κ1) is 19.2. The molecule has 0 aliphatic carbocycles. The number of nitrogens with one attached hydrogen (secondary N) is 2. The fourth-order valence-electron chi connectivity index (χ4n) is 3.85. The predicted octanol–water partition coefficient (Wildman–Crippen LogP) is 2.24. The van der Waals surface area contributed by atoms with E-state index in [0.29, 0.717) is 25.9 Å². The molecule has 4 rings (SSSR count). The summed E-state index contributed by atoms with van der Waals surface area (Å²) in [4.78, 5) is 32.3. The van der Waals surface area contributed by atoms with Gasteiger partial charge in [0.1, 0.15) is 12.1 Å². The summed E-state index contributed by atoms with van der Waals surface area (Å²) < 4.78 is 0. The van der Waals surface area contributed by atoms with Crippen LogP contribution in [0.4, 0.5) is 0 Å². The zero-order valence-electron chi connectivity index (χ0n) is 16.4. The summed E-state index contributed by atoms with van der Waals surface area (Å²) >= 11 is 0. The fourth-order valence-corrected chi connectivity index (χ4v) is 3.85. The van der Waals surface area contributed by atoms with E-state index in [2.05, 4.69) is 20.7 Å². The van der Waals surface area contributed by atoms with Gasteiger partial charge in [0.05, 0.1) is 17.8 Å². The summed E-state index contributed by atoms with van der Waals surface area (Å²) in [5, 5.41) is 13.8. The lowest BCUT2D eigenvalue weighted by Crippen LogP contribution is -2.46. The molecule has 0 radical (unpaired) electrons. The highest BCUT2D eigenvalue weighted by atomic mass is 16.6. The Hall–Kier alpha value is -3.16. The number of benzene rings is 1. The van der Waals surface area contributed by atoms with Crippen LogP contribution >= 0.6 is 0 Å². The number of nitrogens with zero attached hydrogens (tertiary/aromatic N) is 3. The summed E-state index contributed by atoms with van der Waals surface area (Å²) in [7, 11) is 0. The molecule has 8 heteroatoms. The molecule has 2 aliphatic rings. The van der Waals surface area contributed by atoms with Crippen LogP contribution in [0.25, 0.3) is 11.3 Å². The SMILES string of the molecule is CC1=NOC(CC(=O)N2CCC[C@H]2C(=O)NCc2ccc(-c3ccn[nH]3)cc2)C1. The van der Waals surface area contributed by atoms with Crippen LogP contribution in [-0.4, -0.2) is 51.3 Å². The molecule has 29 heavy (non-hydrogen) atoms. The summed E-state index contributed by atoms with van der Waals surface area (Å²) in [6, 6.07) is 9.45. The Labute approximate surface area is 169 Å². The average Bonchev–Trinajstić information content (AvgIpc) is 3.48. The minimum atomic E-state index is -0.407. The van der Waals surface area contributed by atoms with Crippen LogP contribution in [0, 0.1) is 0 Å². The molecule has 2 aliphatic heterocycles. The van der Waals surface area contributed by atoms with E-state index in [-0.39, 0.29) is 24.3 Å². The number of carbonyl (C=O) groups is 2. The van der Waals surface area contributed by atoms with Gasteiger partial charge in [0.2, 0.25) is 11.8 Å². The van der Waals surface area contributed by atoms with Gasteiger partial charge >= 0.3 is 0 Å². The van der Waals surface area contributed by atoms with Crippen LogP contribution in [0.2, 0.25) is 0 Å². The van der Waals surface area contributed by atoms with Gasteiger partial charge in [-0.1, -0.05) is 29.4 Å². The third kappa shape index (κ3) is 4.47. The van der Waals surface area contributed by atoms with Crippen LogP contribution in [0.15, 0.2) is 41.7 Å². The van der Waals surface area contributed by atoms with Gasteiger partial charge in [-0.25, -0.2) is 0 Å². The maximum Gasteiger partial charge on any atom is 0.243 e. The topological polar surface area (TPSA) is 99.7 Å². The summed E-state index contributed by atoms with van der Waals surface area (Å²) in [5.74, 6) is -0.144. The van der Waals surface area contributed by atoms with E-state index >= 15 is 0 Å². The second kappa shape index (κ2) is 8.46. The van der Waals surface area contributed by atoms with Crippen molar-refractivity contribution in [2.24, 2.45) is 5.16 Å². The molecule has 0 spiro atoms. The molecule has 152 valence electrons. The van der Waals surface area contributed by atoms with E-state index in [1.165, 1.54) is 0 Å². The Morgan fingerprint density at radius 2 is 2.10 bits per heavy atom. The van der Waals surface area contributed by atoms with Crippen molar-refractivity contribution in [1.82, 2.24) is 20.4 Å².